The van der Waals surface area contributed by atoms with E-state index in [9.17, 15) is 10.2 Å². The van der Waals surface area contributed by atoms with Gasteiger partial charge in [-0.3, -0.25) is 4.99 Å². The van der Waals surface area contributed by atoms with Gasteiger partial charge in [-0.2, -0.15) is 0 Å². The van der Waals surface area contributed by atoms with Crippen molar-refractivity contribution in [3.05, 3.63) is 94.8 Å². The Kier molecular flexibility index (Phi) is 9.62. The molecule has 3 aliphatic heterocycles. The highest BCUT2D eigenvalue weighted by Crippen LogP contribution is 2.44. The largest absolute Gasteiger partial charge is 0.491 e. The number of dihydropyridines is 1. The third-order valence-corrected chi connectivity index (χ3v) is 8.87. The number of ether oxygens (including phenoxy) is 1. The fourth-order valence-electron chi connectivity index (χ4n) is 6.22. The summed E-state index contributed by atoms with van der Waals surface area (Å²) in [6, 6.07) is 8.02. The zero-order chi connectivity index (χ0) is 29.0. The average Bonchev–Trinajstić information content (AvgIpc) is 3.05. The lowest BCUT2D eigenvalue weighted by Crippen LogP contribution is -2.54. The van der Waals surface area contributed by atoms with Crippen molar-refractivity contribution in [3.63, 3.8) is 0 Å². The lowest BCUT2D eigenvalue weighted by Gasteiger charge is -2.49. The molecule has 3 aliphatic rings. The van der Waals surface area contributed by atoms with Gasteiger partial charge in [0, 0.05) is 34.7 Å². The molecule has 0 aromatic heterocycles. The molecule has 2 atom stereocenters. The second-order valence-electron chi connectivity index (χ2n) is 12.4. The maximum absolute atomic E-state index is 11.2. The number of piperidine rings is 1. The quantitative estimate of drug-likeness (QED) is 0.356. The van der Waals surface area contributed by atoms with Crippen LogP contribution in [0.1, 0.15) is 58.9 Å². The Morgan fingerprint density at radius 2 is 1.85 bits per heavy atom. The van der Waals surface area contributed by atoms with E-state index in [-0.39, 0.29) is 17.4 Å². The summed E-state index contributed by atoms with van der Waals surface area (Å²) in [6.45, 7) is 14.9. The summed E-state index contributed by atoms with van der Waals surface area (Å²) < 4.78 is 6.23. The van der Waals surface area contributed by atoms with Crippen molar-refractivity contribution in [1.82, 2.24) is 4.90 Å². The number of benzene rings is 1. The van der Waals surface area contributed by atoms with Crippen molar-refractivity contribution in [3.8, 4) is 0 Å². The predicted molar refractivity (Wildman–Crippen MR) is 166 cm³/mol. The highest BCUT2D eigenvalue weighted by atomic mass is 35.5. The molecule has 0 bridgehead atoms. The molecule has 0 amide bonds. The molecule has 4 rings (SSSR count). The van der Waals surface area contributed by atoms with Crippen LogP contribution in [0, 0.1) is 5.92 Å². The van der Waals surface area contributed by atoms with Gasteiger partial charge in [-0.05, 0) is 102 Å². The minimum atomic E-state index is -0.836. The first-order valence-corrected chi connectivity index (χ1v) is 14.8. The Labute approximate surface area is 245 Å². The first-order valence-electron chi connectivity index (χ1n) is 14.4. The van der Waals surface area contributed by atoms with Crippen LogP contribution in [-0.2, 0) is 10.2 Å². The number of halogens is 1. The van der Waals surface area contributed by atoms with Gasteiger partial charge in [-0.15, -0.1) is 0 Å². The van der Waals surface area contributed by atoms with Crippen molar-refractivity contribution < 1.29 is 14.9 Å². The van der Waals surface area contributed by atoms with Crippen molar-refractivity contribution in [1.29, 1.82) is 0 Å². The van der Waals surface area contributed by atoms with Crippen LogP contribution in [0.15, 0.2) is 89.2 Å². The van der Waals surface area contributed by atoms with Crippen molar-refractivity contribution in [2.75, 3.05) is 26.2 Å². The molecule has 3 heterocycles. The summed E-state index contributed by atoms with van der Waals surface area (Å²) in [6.07, 6.45) is 17.4. The van der Waals surface area contributed by atoms with Gasteiger partial charge in [-0.1, -0.05) is 54.6 Å². The lowest BCUT2D eigenvalue weighted by molar-refractivity contribution is -0.0390. The average molecular weight is 565 g/mol. The molecule has 40 heavy (non-hydrogen) atoms. The topological polar surface area (TPSA) is 65.3 Å². The summed E-state index contributed by atoms with van der Waals surface area (Å²) >= 11 is 6.16. The van der Waals surface area contributed by atoms with Gasteiger partial charge in [0.05, 0.1) is 17.2 Å². The first kappa shape index (κ1) is 30.5. The monoisotopic (exact) mass is 564 g/mol. The van der Waals surface area contributed by atoms with Crippen molar-refractivity contribution in [2.45, 2.75) is 76.0 Å². The van der Waals surface area contributed by atoms with E-state index in [0.29, 0.717) is 18.1 Å². The Morgan fingerprint density at radius 1 is 1.15 bits per heavy atom. The van der Waals surface area contributed by atoms with E-state index in [4.69, 9.17) is 21.3 Å². The van der Waals surface area contributed by atoms with Gasteiger partial charge in [-0.25, -0.2) is 0 Å². The highest BCUT2D eigenvalue weighted by Gasteiger charge is 2.47. The molecule has 0 radical (unpaired) electrons. The van der Waals surface area contributed by atoms with Crippen LogP contribution in [0.3, 0.4) is 0 Å². The van der Waals surface area contributed by atoms with E-state index >= 15 is 0 Å². The summed E-state index contributed by atoms with van der Waals surface area (Å²) in [5.74, 6) is 0.909. The maximum Gasteiger partial charge on any atom is 0.126 e. The molecular formula is C34H45ClN2O3. The number of fused-ring (bicyclic) bond motifs is 1. The van der Waals surface area contributed by atoms with Crippen LogP contribution in [0.25, 0.3) is 0 Å². The smallest absolute Gasteiger partial charge is 0.126 e. The molecule has 5 nitrogen and oxygen atoms in total. The van der Waals surface area contributed by atoms with Crippen LogP contribution in [0.5, 0.6) is 0 Å². The highest BCUT2D eigenvalue weighted by molar-refractivity contribution is 6.30. The number of allylic oxidation sites excluding steroid dienone is 4. The van der Waals surface area contributed by atoms with E-state index < -0.39 is 11.2 Å². The van der Waals surface area contributed by atoms with Crippen LogP contribution in [-0.4, -0.2) is 64.8 Å². The summed E-state index contributed by atoms with van der Waals surface area (Å²) in [5, 5.41) is 22.1. The minimum absolute atomic E-state index is 0.0214. The second-order valence-corrected chi connectivity index (χ2v) is 12.9. The van der Waals surface area contributed by atoms with Gasteiger partial charge < -0.3 is 19.8 Å². The molecule has 6 heteroatoms. The molecule has 0 saturated carbocycles. The van der Waals surface area contributed by atoms with Crippen LogP contribution >= 0.6 is 11.6 Å². The van der Waals surface area contributed by atoms with Crippen LogP contribution in [0.4, 0.5) is 0 Å². The third-order valence-electron chi connectivity index (χ3n) is 8.62. The molecular weight excluding hydrogens is 520 g/mol. The van der Waals surface area contributed by atoms with Crippen molar-refractivity contribution in [2.24, 2.45) is 10.9 Å². The molecule has 216 valence electrons. The Hall–Kier alpha value is -2.44. The normalized spacial score (nSPS) is 24.7. The third kappa shape index (κ3) is 7.06. The van der Waals surface area contributed by atoms with Gasteiger partial charge in [0.15, 0.2) is 0 Å². The zero-order valence-electron chi connectivity index (χ0n) is 24.4. The van der Waals surface area contributed by atoms with Crippen molar-refractivity contribution >= 4 is 17.8 Å². The van der Waals surface area contributed by atoms with Crippen LogP contribution < -0.4 is 0 Å². The standard InChI is InChI=1S/C34H45ClN2O3/c1-6-27-28(29-10-8-20-36-30(29)24-40-31(27)12-7-17-32(2,3)38)11-9-21-37-22-18-34(19-23-37,33(4,5)39)25-13-15-26(35)16-14-25/h6-8,10-16,20,29-30,38-39H,1,9,17-19,21-24H2,2-5H3/b12-7-,28-11-. The Bertz CT molecular complexity index is 1190. The summed E-state index contributed by atoms with van der Waals surface area (Å²) in [4.78, 5) is 7.21. The Morgan fingerprint density at radius 3 is 2.48 bits per heavy atom. The minimum Gasteiger partial charge on any atom is -0.491 e. The number of rotatable bonds is 9. The molecule has 2 unspecified atom stereocenters. The molecule has 1 aromatic carbocycles. The van der Waals surface area contributed by atoms with E-state index in [1.807, 2.05) is 56.5 Å². The van der Waals surface area contributed by atoms with E-state index in [2.05, 4.69) is 35.8 Å². The SMILES string of the molecule is C=CC1=C(/C=C\CC(C)(C)O)OCC2N=CC=CC2/C1=C\CCN1CCC(c2ccc(Cl)cc2)(C(C)(C)O)CC1. The fourth-order valence-corrected chi connectivity index (χ4v) is 6.35. The van der Waals surface area contributed by atoms with E-state index in [0.717, 1.165) is 55.8 Å². The van der Waals surface area contributed by atoms with E-state index in [1.54, 1.807) is 13.8 Å². The number of hydrogen-bond donors (Lipinski definition) is 2. The maximum atomic E-state index is 11.2. The summed E-state index contributed by atoms with van der Waals surface area (Å²) in [7, 11) is 0. The number of likely N-dealkylation sites (tertiary alicyclic amines) is 1. The van der Waals surface area contributed by atoms with Gasteiger partial charge in [0.1, 0.15) is 12.4 Å². The molecule has 1 aromatic rings. The number of aliphatic imine (C=N–C) groups is 1. The van der Waals surface area contributed by atoms with Crippen LogP contribution in [0.2, 0.25) is 5.02 Å². The second kappa shape index (κ2) is 12.6. The molecule has 1 fully saturated rings. The predicted octanol–water partition coefficient (Wildman–Crippen LogP) is 6.57. The molecule has 1 saturated heterocycles. The van der Waals surface area contributed by atoms with Gasteiger partial charge in [0.25, 0.3) is 0 Å². The fraction of sp³-hybridized carbons (Fsp3) is 0.500. The number of nitrogens with zero attached hydrogens (tertiary/aromatic N) is 2. The van der Waals surface area contributed by atoms with E-state index in [1.165, 1.54) is 5.57 Å². The number of aliphatic hydroxyl groups is 2. The van der Waals surface area contributed by atoms with Gasteiger partial charge in [0.2, 0.25) is 0 Å². The first-order chi connectivity index (χ1) is 18.9. The van der Waals surface area contributed by atoms with Gasteiger partial charge >= 0.3 is 0 Å². The summed E-state index contributed by atoms with van der Waals surface area (Å²) in [5.41, 5.74) is 1.43. The molecule has 0 aliphatic carbocycles. The molecule has 2 N–H and O–H groups in total. The Balaban J connectivity index is 1.50. The number of hydrogen-bond acceptors (Lipinski definition) is 5. The zero-order valence-corrected chi connectivity index (χ0v) is 25.2. The molecule has 0 spiro atoms. The lowest BCUT2D eigenvalue weighted by atomic mass is 9.63.